The summed E-state index contributed by atoms with van der Waals surface area (Å²) in [7, 11) is 0. The van der Waals surface area contributed by atoms with Gasteiger partial charge in [0.1, 0.15) is 0 Å². The van der Waals surface area contributed by atoms with Gasteiger partial charge < -0.3 is 5.11 Å². The van der Waals surface area contributed by atoms with Gasteiger partial charge >= 0.3 is 12.1 Å². The lowest BCUT2D eigenvalue weighted by atomic mass is 10.2. The highest BCUT2D eigenvalue weighted by atomic mass is 35.5. The predicted molar refractivity (Wildman–Crippen MR) is 64.9 cm³/mol. The number of rotatable bonds is 3. The number of hydrogen-bond acceptors (Lipinski definition) is 3. The number of amides is 1. The standard InChI is InChI=1S/C11H8ClF3N2O3/c12-8-5-6(1-2-7(8)11(13,14)15)17(16)9(18)3-4-10(19)20/h1-5H,16H2,(H,19,20). The molecule has 1 rings (SSSR count). The van der Waals surface area contributed by atoms with E-state index < -0.39 is 28.6 Å². The van der Waals surface area contributed by atoms with Gasteiger partial charge in [-0.1, -0.05) is 11.6 Å². The molecule has 0 aliphatic rings. The molecule has 0 aliphatic carbocycles. The fraction of sp³-hybridized carbons (Fsp3) is 0.0909. The van der Waals surface area contributed by atoms with Crippen molar-refractivity contribution in [3.8, 4) is 0 Å². The highest BCUT2D eigenvalue weighted by Crippen LogP contribution is 2.36. The van der Waals surface area contributed by atoms with Gasteiger partial charge in [0, 0.05) is 12.2 Å². The second-order valence-electron chi connectivity index (χ2n) is 3.54. The predicted octanol–water partition coefficient (Wildman–Crippen LogP) is 2.21. The van der Waals surface area contributed by atoms with Crippen molar-refractivity contribution in [1.29, 1.82) is 0 Å². The van der Waals surface area contributed by atoms with Crippen LogP contribution in [0.25, 0.3) is 0 Å². The van der Waals surface area contributed by atoms with E-state index in [4.69, 9.17) is 22.6 Å². The SMILES string of the molecule is NN(C(=O)C=CC(=O)O)c1ccc(C(F)(F)F)c(Cl)c1. The number of aliphatic carboxylic acids is 1. The van der Waals surface area contributed by atoms with Crippen molar-refractivity contribution in [3.05, 3.63) is 40.9 Å². The first-order valence-corrected chi connectivity index (χ1v) is 5.37. The molecule has 0 aliphatic heterocycles. The molecule has 0 radical (unpaired) electrons. The Kier molecular flexibility index (Phi) is 4.74. The minimum atomic E-state index is -4.62. The normalized spacial score (nSPS) is 11.7. The molecule has 9 heteroatoms. The van der Waals surface area contributed by atoms with E-state index in [1.165, 1.54) is 0 Å². The molecular weight excluding hydrogens is 301 g/mol. The fourth-order valence-electron chi connectivity index (χ4n) is 1.23. The van der Waals surface area contributed by atoms with Crippen molar-refractivity contribution >= 4 is 29.2 Å². The summed E-state index contributed by atoms with van der Waals surface area (Å²) in [6, 6.07) is 2.48. The lowest BCUT2D eigenvalue weighted by Crippen LogP contribution is -2.36. The summed E-state index contributed by atoms with van der Waals surface area (Å²) in [5.74, 6) is 3.06. The molecule has 0 unspecified atom stereocenters. The molecule has 0 saturated heterocycles. The summed E-state index contributed by atoms with van der Waals surface area (Å²) in [5, 5.41) is 8.19. The van der Waals surface area contributed by atoms with Crippen LogP contribution in [0.15, 0.2) is 30.4 Å². The maximum atomic E-state index is 12.5. The molecule has 20 heavy (non-hydrogen) atoms. The number of halogens is 4. The van der Waals surface area contributed by atoms with Gasteiger partial charge in [-0.2, -0.15) is 13.2 Å². The maximum absolute atomic E-state index is 12.5. The Labute approximate surface area is 116 Å². The zero-order valence-electron chi connectivity index (χ0n) is 9.69. The molecular formula is C11H8ClF3N2O3. The summed E-state index contributed by atoms with van der Waals surface area (Å²) in [6.07, 6.45) is -3.41. The second kappa shape index (κ2) is 5.93. The van der Waals surface area contributed by atoms with E-state index >= 15 is 0 Å². The first-order valence-electron chi connectivity index (χ1n) is 4.99. The highest BCUT2D eigenvalue weighted by Gasteiger charge is 2.33. The van der Waals surface area contributed by atoms with Crippen LogP contribution in [0.4, 0.5) is 18.9 Å². The van der Waals surface area contributed by atoms with E-state index in [0.29, 0.717) is 23.2 Å². The number of hydrazine groups is 1. The average molecular weight is 309 g/mol. The van der Waals surface area contributed by atoms with Gasteiger partial charge in [0.25, 0.3) is 5.91 Å². The van der Waals surface area contributed by atoms with Crippen LogP contribution in [0.1, 0.15) is 5.56 Å². The number of nitrogens with zero attached hydrogens (tertiary/aromatic N) is 1. The Hall–Kier alpha value is -2.06. The van der Waals surface area contributed by atoms with Crippen LogP contribution in [-0.4, -0.2) is 17.0 Å². The van der Waals surface area contributed by atoms with E-state index in [9.17, 15) is 22.8 Å². The van der Waals surface area contributed by atoms with Crippen molar-refractivity contribution in [1.82, 2.24) is 0 Å². The number of carbonyl (C=O) groups is 2. The largest absolute Gasteiger partial charge is 0.478 e. The first kappa shape index (κ1) is 16.0. The number of carboxylic acid groups (broad SMARTS) is 1. The molecule has 0 spiro atoms. The van der Waals surface area contributed by atoms with Gasteiger partial charge in [0.15, 0.2) is 0 Å². The number of carbonyl (C=O) groups excluding carboxylic acids is 1. The molecule has 1 amide bonds. The molecule has 0 atom stereocenters. The van der Waals surface area contributed by atoms with Crippen LogP contribution in [-0.2, 0) is 15.8 Å². The summed E-state index contributed by atoms with van der Waals surface area (Å²) in [5.41, 5.74) is -1.17. The zero-order valence-corrected chi connectivity index (χ0v) is 10.4. The van der Waals surface area contributed by atoms with Crippen LogP contribution in [0.5, 0.6) is 0 Å². The molecule has 0 saturated carbocycles. The van der Waals surface area contributed by atoms with Gasteiger partial charge in [-0.05, 0) is 18.2 Å². The Morgan fingerprint density at radius 2 is 1.90 bits per heavy atom. The molecule has 0 bridgehead atoms. The third-order valence-electron chi connectivity index (χ3n) is 2.14. The van der Waals surface area contributed by atoms with Gasteiger partial charge in [0.05, 0.1) is 16.3 Å². The van der Waals surface area contributed by atoms with Gasteiger partial charge in [0.2, 0.25) is 0 Å². The summed E-state index contributed by atoms with van der Waals surface area (Å²) in [6.45, 7) is 0. The third kappa shape index (κ3) is 3.97. The van der Waals surface area contributed by atoms with Crippen LogP contribution in [0.2, 0.25) is 5.02 Å². The van der Waals surface area contributed by atoms with E-state index in [-0.39, 0.29) is 5.69 Å². The smallest absolute Gasteiger partial charge is 0.417 e. The molecule has 0 aromatic heterocycles. The first-order chi connectivity index (χ1) is 9.12. The Balaban J connectivity index is 3.01. The molecule has 1 aromatic carbocycles. The minimum Gasteiger partial charge on any atom is -0.478 e. The molecule has 0 fully saturated rings. The van der Waals surface area contributed by atoms with Crippen LogP contribution in [0, 0.1) is 0 Å². The van der Waals surface area contributed by atoms with Gasteiger partial charge in [-0.15, -0.1) is 0 Å². The fourth-order valence-corrected chi connectivity index (χ4v) is 1.52. The Morgan fingerprint density at radius 1 is 1.30 bits per heavy atom. The Morgan fingerprint density at radius 3 is 2.35 bits per heavy atom. The summed E-state index contributed by atoms with van der Waals surface area (Å²) in [4.78, 5) is 21.7. The second-order valence-corrected chi connectivity index (χ2v) is 3.95. The molecule has 1 aromatic rings. The third-order valence-corrected chi connectivity index (χ3v) is 2.45. The molecule has 0 heterocycles. The zero-order chi connectivity index (χ0) is 15.5. The Bertz CT molecular complexity index is 573. The van der Waals surface area contributed by atoms with Crippen LogP contribution < -0.4 is 10.9 Å². The van der Waals surface area contributed by atoms with Crippen molar-refractivity contribution in [2.75, 3.05) is 5.01 Å². The average Bonchev–Trinajstić information content (AvgIpc) is 2.33. The molecule has 5 nitrogen and oxygen atoms in total. The number of benzene rings is 1. The lowest BCUT2D eigenvalue weighted by Gasteiger charge is -2.16. The van der Waals surface area contributed by atoms with Crippen molar-refractivity contribution < 1.29 is 27.9 Å². The van der Waals surface area contributed by atoms with Crippen molar-refractivity contribution in [3.63, 3.8) is 0 Å². The maximum Gasteiger partial charge on any atom is 0.417 e. The number of nitrogens with two attached hydrogens (primary N) is 1. The topological polar surface area (TPSA) is 83.6 Å². The van der Waals surface area contributed by atoms with E-state index in [1.54, 1.807) is 0 Å². The number of carboxylic acids is 1. The molecule has 3 N–H and O–H groups in total. The van der Waals surface area contributed by atoms with Gasteiger partial charge in [-0.3, -0.25) is 4.79 Å². The summed E-state index contributed by atoms with van der Waals surface area (Å²) >= 11 is 5.46. The number of anilines is 1. The van der Waals surface area contributed by atoms with E-state index in [2.05, 4.69) is 0 Å². The van der Waals surface area contributed by atoms with Crippen molar-refractivity contribution in [2.24, 2.45) is 5.84 Å². The molecule has 108 valence electrons. The number of hydrogen-bond donors (Lipinski definition) is 2. The van der Waals surface area contributed by atoms with Crippen LogP contribution >= 0.6 is 11.6 Å². The van der Waals surface area contributed by atoms with E-state index in [1.807, 2.05) is 0 Å². The highest BCUT2D eigenvalue weighted by molar-refractivity contribution is 6.31. The summed E-state index contributed by atoms with van der Waals surface area (Å²) < 4.78 is 37.4. The lowest BCUT2D eigenvalue weighted by molar-refractivity contribution is -0.137. The quantitative estimate of drug-likeness (QED) is 0.388. The van der Waals surface area contributed by atoms with Gasteiger partial charge in [-0.25, -0.2) is 15.6 Å². The monoisotopic (exact) mass is 308 g/mol. The van der Waals surface area contributed by atoms with Crippen molar-refractivity contribution in [2.45, 2.75) is 6.18 Å². The minimum absolute atomic E-state index is 0.108. The van der Waals surface area contributed by atoms with Crippen LogP contribution in [0.3, 0.4) is 0 Å². The number of alkyl halides is 3. The van der Waals surface area contributed by atoms with E-state index in [0.717, 1.165) is 12.1 Å².